The summed E-state index contributed by atoms with van der Waals surface area (Å²) in [5.41, 5.74) is 6.37. The minimum Gasteiger partial charge on any atom is -0.497 e. The zero-order valence-electron chi connectivity index (χ0n) is 21.7. The van der Waals surface area contributed by atoms with Crippen molar-refractivity contribution in [2.24, 2.45) is 5.10 Å². The molecule has 0 spiro atoms. The Morgan fingerprint density at radius 3 is 2.46 bits per heavy atom. The van der Waals surface area contributed by atoms with Crippen LogP contribution in [0, 0.1) is 6.92 Å². The lowest BCUT2D eigenvalue weighted by atomic mass is 9.89. The summed E-state index contributed by atoms with van der Waals surface area (Å²) in [5.74, 6) is -0.400. The summed E-state index contributed by atoms with van der Waals surface area (Å²) in [6.07, 6.45) is 0.789. The highest BCUT2D eigenvalue weighted by Gasteiger charge is 2.35. The van der Waals surface area contributed by atoms with Crippen LogP contribution in [-0.2, 0) is 9.59 Å². The molecule has 198 valence electrons. The smallest absolute Gasteiger partial charge is 0.303 e. The first-order chi connectivity index (χ1) is 18.9. The summed E-state index contributed by atoms with van der Waals surface area (Å²) in [4.78, 5) is 29.4. The number of methoxy groups -OCH3 is 1. The quantitative estimate of drug-likeness (QED) is 0.242. The highest BCUT2D eigenvalue weighted by molar-refractivity contribution is 9.10. The summed E-state index contributed by atoms with van der Waals surface area (Å²) >= 11 is 3.62. The molecule has 0 saturated heterocycles. The Hall–Kier alpha value is -4.04. The molecule has 39 heavy (non-hydrogen) atoms. The Morgan fingerprint density at radius 1 is 1.03 bits per heavy atom. The third kappa shape index (κ3) is 5.56. The maximum Gasteiger partial charge on any atom is 0.303 e. The fourth-order valence-electron chi connectivity index (χ4n) is 5.10. The second-order valence-electron chi connectivity index (χ2n) is 9.50. The van der Waals surface area contributed by atoms with E-state index in [1.807, 2.05) is 61.5 Å². The summed E-state index contributed by atoms with van der Waals surface area (Å²) < 4.78 is 6.27. The van der Waals surface area contributed by atoms with Crippen LogP contribution in [0.5, 0.6) is 5.75 Å². The van der Waals surface area contributed by atoms with E-state index in [2.05, 4.69) is 34.1 Å². The number of carbonyl (C=O) groups is 2. The minimum atomic E-state index is -0.920. The summed E-state index contributed by atoms with van der Waals surface area (Å²) in [6.45, 7) is 1.98. The Balaban J connectivity index is 1.64. The molecule has 4 aromatic rings. The van der Waals surface area contributed by atoms with E-state index < -0.39 is 5.97 Å². The van der Waals surface area contributed by atoms with Gasteiger partial charge in [0.15, 0.2) is 0 Å². The number of hydrogen-bond donors (Lipinski definition) is 1. The van der Waals surface area contributed by atoms with E-state index in [1.165, 1.54) is 5.01 Å². The van der Waals surface area contributed by atoms with Gasteiger partial charge in [0.2, 0.25) is 5.91 Å². The van der Waals surface area contributed by atoms with Crippen LogP contribution in [0.3, 0.4) is 0 Å². The number of amides is 1. The molecule has 2 heterocycles. The molecule has 1 atom stereocenters. The SMILES string of the molecule is COc1ccc([C@@H]2CC(c3c(C)nc4ccc(Br)cc4c3-c3ccccc3)=NN2C(=O)CCCC(=O)O)cc1. The topological polar surface area (TPSA) is 92.1 Å². The van der Waals surface area contributed by atoms with E-state index in [1.54, 1.807) is 7.11 Å². The van der Waals surface area contributed by atoms with E-state index in [4.69, 9.17) is 19.9 Å². The van der Waals surface area contributed by atoms with Crippen LogP contribution >= 0.6 is 15.9 Å². The molecule has 0 fully saturated rings. The van der Waals surface area contributed by atoms with Crippen molar-refractivity contribution in [2.45, 2.75) is 38.6 Å². The predicted molar refractivity (Wildman–Crippen MR) is 155 cm³/mol. The van der Waals surface area contributed by atoms with Crippen molar-refractivity contribution >= 4 is 44.4 Å². The van der Waals surface area contributed by atoms with Gasteiger partial charge in [-0.1, -0.05) is 58.4 Å². The van der Waals surface area contributed by atoms with Gasteiger partial charge in [-0.15, -0.1) is 0 Å². The summed E-state index contributed by atoms with van der Waals surface area (Å²) in [7, 11) is 1.61. The molecular formula is C31H28BrN3O4. The number of aryl methyl sites for hydroxylation is 1. The molecule has 1 aliphatic heterocycles. The molecule has 1 N–H and O–H groups in total. The fraction of sp³-hybridized carbons (Fsp3) is 0.226. The van der Waals surface area contributed by atoms with Gasteiger partial charge in [-0.25, -0.2) is 5.01 Å². The van der Waals surface area contributed by atoms with Crippen molar-refractivity contribution in [3.63, 3.8) is 0 Å². The molecule has 0 radical (unpaired) electrons. The van der Waals surface area contributed by atoms with Gasteiger partial charge in [-0.3, -0.25) is 14.6 Å². The average Bonchev–Trinajstić information content (AvgIpc) is 3.38. The number of rotatable bonds is 8. The van der Waals surface area contributed by atoms with Gasteiger partial charge in [-0.05, 0) is 54.8 Å². The maximum atomic E-state index is 13.4. The Bertz CT molecular complexity index is 1570. The number of carboxylic acid groups (broad SMARTS) is 1. The van der Waals surface area contributed by atoms with E-state index in [9.17, 15) is 9.59 Å². The van der Waals surface area contributed by atoms with Gasteiger partial charge in [0, 0.05) is 45.9 Å². The predicted octanol–water partition coefficient (Wildman–Crippen LogP) is 6.91. The van der Waals surface area contributed by atoms with Crippen molar-refractivity contribution in [3.05, 3.63) is 94.1 Å². The van der Waals surface area contributed by atoms with Crippen LogP contribution in [0.15, 0.2) is 82.4 Å². The molecule has 0 aliphatic carbocycles. The molecule has 0 unspecified atom stereocenters. The van der Waals surface area contributed by atoms with Gasteiger partial charge in [-0.2, -0.15) is 5.10 Å². The Kier molecular flexibility index (Phi) is 7.74. The van der Waals surface area contributed by atoms with Gasteiger partial charge in [0.1, 0.15) is 5.75 Å². The first-order valence-electron chi connectivity index (χ1n) is 12.8. The standard InChI is InChI=1S/C31H28BrN3O4/c1-19-30(31(21-7-4-3-5-8-21)24-17-22(32)13-16-25(24)33-19)26-18-27(20-11-14-23(39-2)15-12-20)35(34-26)28(36)9-6-10-29(37)38/h3-5,7-8,11-17,27H,6,9-10,18H2,1-2H3,(H,37,38)/t27-/m0/s1. The van der Waals surface area contributed by atoms with Crippen LogP contribution in [0.25, 0.3) is 22.0 Å². The average molecular weight is 586 g/mol. The summed E-state index contributed by atoms with van der Waals surface area (Å²) in [5, 5.41) is 16.5. The van der Waals surface area contributed by atoms with Crippen molar-refractivity contribution in [1.82, 2.24) is 9.99 Å². The molecular weight excluding hydrogens is 558 g/mol. The number of fused-ring (bicyclic) bond motifs is 1. The van der Waals surface area contributed by atoms with E-state index in [0.717, 1.165) is 54.8 Å². The van der Waals surface area contributed by atoms with Crippen molar-refractivity contribution < 1.29 is 19.4 Å². The first kappa shape index (κ1) is 26.6. The van der Waals surface area contributed by atoms with Crippen molar-refractivity contribution in [3.8, 4) is 16.9 Å². The number of nitrogens with zero attached hydrogens (tertiary/aromatic N) is 3. The van der Waals surface area contributed by atoms with E-state index in [0.29, 0.717) is 6.42 Å². The van der Waals surface area contributed by atoms with Crippen LogP contribution < -0.4 is 4.74 Å². The number of halogens is 1. The normalized spacial score (nSPS) is 14.9. The van der Waals surface area contributed by atoms with Crippen LogP contribution in [0.1, 0.15) is 48.5 Å². The highest BCUT2D eigenvalue weighted by atomic mass is 79.9. The number of ether oxygens (including phenoxy) is 1. The van der Waals surface area contributed by atoms with Crippen LogP contribution in [0.4, 0.5) is 0 Å². The molecule has 0 bridgehead atoms. The summed E-state index contributed by atoms with van der Waals surface area (Å²) in [6, 6.07) is 23.5. The molecule has 8 heteroatoms. The van der Waals surface area contributed by atoms with Crippen molar-refractivity contribution in [2.75, 3.05) is 7.11 Å². The molecule has 3 aromatic carbocycles. The van der Waals surface area contributed by atoms with Gasteiger partial charge in [0.25, 0.3) is 0 Å². The lowest BCUT2D eigenvalue weighted by molar-refractivity contribution is -0.137. The number of aromatic nitrogens is 1. The number of hydrazone groups is 1. The van der Waals surface area contributed by atoms with Gasteiger partial charge in [0.05, 0.1) is 24.4 Å². The monoisotopic (exact) mass is 585 g/mol. The van der Waals surface area contributed by atoms with Crippen LogP contribution in [-0.4, -0.2) is 39.8 Å². The number of benzene rings is 3. The number of aliphatic carboxylic acids is 1. The second-order valence-corrected chi connectivity index (χ2v) is 10.4. The second kappa shape index (κ2) is 11.4. The number of hydrogen-bond acceptors (Lipinski definition) is 5. The zero-order chi connectivity index (χ0) is 27.5. The molecule has 1 aliphatic rings. The number of carbonyl (C=O) groups excluding carboxylic acids is 1. The molecule has 1 amide bonds. The molecule has 5 rings (SSSR count). The molecule has 7 nitrogen and oxygen atoms in total. The van der Waals surface area contributed by atoms with E-state index >= 15 is 0 Å². The third-order valence-electron chi connectivity index (χ3n) is 6.93. The van der Waals surface area contributed by atoms with Crippen molar-refractivity contribution in [1.29, 1.82) is 0 Å². The molecule has 0 saturated carbocycles. The zero-order valence-corrected chi connectivity index (χ0v) is 23.3. The third-order valence-corrected chi connectivity index (χ3v) is 7.42. The van der Waals surface area contributed by atoms with E-state index in [-0.39, 0.29) is 31.2 Å². The molecule has 1 aromatic heterocycles. The lowest BCUT2D eigenvalue weighted by Crippen LogP contribution is -2.27. The fourth-order valence-corrected chi connectivity index (χ4v) is 5.46. The van der Waals surface area contributed by atoms with Gasteiger partial charge < -0.3 is 9.84 Å². The number of pyridine rings is 1. The number of carboxylic acids is 1. The maximum absolute atomic E-state index is 13.4. The largest absolute Gasteiger partial charge is 0.497 e. The Labute approximate surface area is 235 Å². The first-order valence-corrected chi connectivity index (χ1v) is 13.6. The van der Waals surface area contributed by atoms with Gasteiger partial charge >= 0.3 is 5.97 Å². The Morgan fingerprint density at radius 2 is 1.77 bits per heavy atom. The van der Waals surface area contributed by atoms with Crippen LogP contribution in [0.2, 0.25) is 0 Å². The highest BCUT2D eigenvalue weighted by Crippen LogP contribution is 2.40. The minimum absolute atomic E-state index is 0.0654. The lowest BCUT2D eigenvalue weighted by Gasteiger charge is -2.22.